The van der Waals surface area contributed by atoms with Crippen LogP contribution in [0.25, 0.3) is 10.9 Å². The van der Waals surface area contributed by atoms with Crippen molar-refractivity contribution in [1.29, 1.82) is 5.41 Å². The first-order chi connectivity index (χ1) is 15.1. The van der Waals surface area contributed by atoms with Gasteiger partial charge in [-0.05, 0) is 37.3 Å². The third-order valence-electron chi connectivity index (χ3n) is 6.03. The third kappa shape index (κ3) is 4.27. The van der Waals surface area contributed by atoms with E-state index in [1.807, 2.05) is 6.92 Å². The summed E-state index contributed by atoms with van der Waals surface area (Å²) >= 11 is 0. The van der Waals surface area contributed by atoms with Gasteiger partial charge in [-0.25, -0.2) is 9.97 Å². The highest BCUT2D eigenvalue weighted by molar-refractivity contribution is 6.16. The molecule has 1 aliphatic carbocycles. The fourth-order valence-electron chi connectivity index (χ4n) is 4.61. The van der Waals surface area contributed by atoms with Crippen molar-refractivity contribution >= 4 is 28.3 Å². The van der Waals surface area contributed by atoms with Crippen LogP contribution in [-0.2, 0) is 6.54 Å². The fourth-order valence-corrected chi connectivity index (χ4v) is 4.61. The summed E-state index contributed by atoms with van der Waals surface area (Å²) in [4.78, 5) is 8.45. The predicted molar refractivity (Wildman–Crippen MR) is 127 cm³/mol. The van der Waals surface area contributed by atoms with Gasteiger partial charge in [0.1, 0.15) is 23.7 Å². The Morgan fingerprint density at radius 3 is 2.84 bits per heavy atom. The van der Waals surface area contributed by atoms with Crippen LogP contribution < -0.4 is 11.1 Å². The normalized spacial score (nSPS) is 14.3. The van der Waals surface area contributed by atoms with Gasteiger partial charge in [-0.3, -0.25) is 5.41 Å². The van der Waals surface area contributed by atoms with Gasteiger partial charge < -0.3 is 15.6 Å². The van der Waals surface area contributed by atoms with E-state index in [2.05, 4.69) is 62.9 Å². The molecule has 2 heterocycles. The highest BCUT2D eigenvalue weighted by Crippen LogP contribution is 2.35. The second-order valence-corrected chi connectivity index (χ2v) is 8.18. The van der Waals surface area contributed by atoms with E-state index in [-0.39, 0.29) is 11.5 Å². The molecule has 160 valence electrons. The van der Waals surface area contributed by atoms with Gasteiger partial charge in [0.25, 0.3) is 0 Å². The number of nitrogens with zero attached hydrogens (tertiary/aromatic N) is 3. The van der Waals surface area contributed by atoms with Crippen molar-refractivity contribution in [1.82, 2.24) is 14.5 Å². The topological polar surface area (TPSA) is 92.6 Å². The van der Waals surface area contributed by atoms with Gasteiger partial charge in [0.15, 0.2) is 0 Å². The van der Waals surface area contributed by atoms with Crippen LogP contribution in [0.5, 0.6) is 0 Å². The Labute approximate surface area is 183 Å². The molecule has 1 aromatic carbocycles. The number of nitrogen functional groups attached to an aromatic ring is 1. The Morgan fingerprint density at radius 1 is 1.26 bits per heavy atom. The molecule has 1 aliphatic rings. The Hall–Kier alpha value is -3.33. The molecule has 4 N–H and O–H groups in total. The summed E-state index contributed by atoms with van der Waals surface area (Å²) in [6.45, 7) is 4.74. The first-order valence-electron chi connectivity index (χ1n) is 11.1. The lowest BCUT2D eigenvalue weighted by molar-refractivity contribution is 0.355. The summed E-state index contributed by atoms with van der Waals surface area (Å²) in [6, 6.07) is 9.30. The van der Waals surface area contributed by atoms with Gasteiger partial charge in [-0.1, -0.05) is 50.3 Å². The second-order valence-electron chi connectivity index (χ2n) is 8.18. The van der Waals surface area contributed by atoms with Gasteiger partial charge in [0, 0.05) is 23.5 Å². The monoisotopic (exact) mass is 414 g/mol. The quantitative estimate of drug-likeness (QED) is 0.394. The number of rotatable bonds is 5. The first kappa shape index (κ1) is 20.9. The average Bonchev–Trinajstić information content (AvgIpc) is 3.16. The van der Waals surface area contributed by atoms with E-state index in [4.69, 9.17) is 11.1 Å². The Morgan fingerprint density at radius 2 is 2.06 bits per heavy atom. The van der Waals surface area contributed by atoms with E-state index in [0.717, 1.165) is 0 Å². The van der Waals surface area contributed by atoms with Gasteiger partial charge in [-0.2, -0.15) is 0 Å². The maximum absolute atomic E-state index is 8.34. The van der Waals surface area contributed by atoms with Crippen molar-refractivity contribution < 1.29 is 0 Å². The molecular weight excluding hydrogens is 384 g/mol. The molecule has 0 unspecified atom stereocenters. The van der Waals surface area contributed by atoms with Gasteiger partial charge in [-0.15, -0.1) is 0 Å². The van der Waals surface area contributed by atoms with E-state index in [1.54, 1.807) is 0 Å². The fraction of sp³-hybridized carbons (Fsp3) is 0.400. The molecule has 0 amide bonds. The molecule has 6 nitrogen and oxygen atoms in total. The van der Waals surface area contributed by atoms with E-state index in [0.29, 0.717) is 30.4 Å². The van der Waals surface area contributed by atoms with Crippen LogP contribution in [0.1, 0.15) is 68.3 Å². The van der Waals surface area contributed by atoms with E-state index < -0.39 is 0 Å². The lowest BCUT2D eigenvalue weighted by Crippen LogP contribution is -2.18. The zero-order valence-corrected chi connectivity index (χ0v) is 18.3. The number of anilines is 2. The number of nitrogens with one attached hydrogen (secondary N) is 2. The van der Waals surface area contributed by atoms with E-state index in [1.165, 1.54) is 60.6 Å². The molecule has 2 aromatic heterocycles. The third-order valence-corrected chi connectivity index (χ3v) is 6.03. The van der Waals surface area contributed by atoms with Gasteiger partial charge in [0.05, 0.1) is 17.6 Å². The molecule has 4 rings (SSSR count). The minimum atomic E-state index is 0.145. The van der Waals surface area contributed by atoms with Crippen LogP contribution in [0.3, 0.4) is 0 Å². The summed E-state index contributed by atoms with van der Waals surface area (Å²) in [5.74, 6) is 6.61. The van der Waals surface area contributed by atoms with Crippen molar-refractivity contribution in [3.8, 4) is 11.8 Å². The smallest absolute Gasteiger partial charge is 0.142 e. The standard InChI is InChI=1S/C25H30N6/c1-3-4-13-21(26)22-24(27)29-16-30-25(22)28-15-20-14-18-10-8-9-17(2)23(18)31(20)19-11-6-5-7-12-19/h8-10,14,16,19,26H,3,5-7,11-12,15H2,1-2H3,(H3,27,28,29,30). The molecule has 0 spiro atoms. The highest BCUT2D eigenvalue weighted by atomic mass is 15.1. The van der Waals surface area contributed by atoms with Crippen molar-refractivity contribution in [3.05, 3.63) is 47.4 Å². The minimum Gasteiger partial charge on any atom is -0.383 e. The van der Waals surface area contributed by atoms with Crippen molar-refractivity contribution in [2.45, 2.75) is 65.0 Å². The maximum atomic E-state index is 8.34. The second kappa shape index (κ2) is 9.22. The zero-order chi connectivity index (χ0) is 21.8. The first-order valence-corrected chi connectivity index (χ1v) is 11.1. The molecule has 31 heavy (non-hydrogen) atoms. The molecule has 0 bridgehead atoms. The van der Waals surface area contributed by atoms with Crippen LogP contribution in [0.4, 0.5) is 11.6 Å². The summed E-state index contributed by atoms with van der Waals surface area (Å²) in [5, 5.41) is 13.0. The molecular formula is C25H30N6. The number of fused-ring (bicyclic) bond motifs is 1. The summed E-state index contributed by atoms with van der Waals surface area (Å²) in [6.07, 6.45) is 8.43. The molecule has 1 saturated carbocycles. The lowest BCUT2D eigenvalue weighted by atomic mass is 9.95. The van der Waals surface area contributed by atoms with E-state index in [9.17, 15) is 0 Å². The number of hydrogen-bond acceptors (Lipinski definition) is 5. The van der Waals surface area contributed by atoms with Crippen LogP contribution in [0.15, 0.2) is 30.6 Å². The Balaban J connectivity index is 1.70. The van der Waals surface area contributed by atoms with E-state index >= 15 is 0 Å². The number of nitrogens with two attached hydrogens (primary N) is 1. The van der Waals surface area contributed by atoms with Crippen LogP contribution >= 0.6 is 0 Å². The minimum absolute atomic E-state index is 0.145. The Bertz CT molecular complexity index is 1160. The molecule has 6 heteroatoms. The summed E-state index contributed by atoms with van der Waals surface area (Å²) in [7, 11) is 0. The van der Waals surface area contributed by atoms with Crippen molar-refractivity contribution in [2.24, 2.45) is 0 Å². The highest BCUT2D eigenvalue weighted by Gasteiger charge is 2.22. The zero-order valence-electron chi connectivity index (χ0n) is 18.3. The predicted octanol–water partition coefficient (Wildman–Crippen LogP) is 5.22. The molecule has 0 radical (unpaired) electrons. The summed E-state index contributed by atoms with van der Waals surface area (Å²) in [5.41, 5.74) is 10.6. The largest absolute Gasteiger partial charge is 0.383 e. The lowest BCUT2D eigenvalue weighted by Gasteiger charge is -2.27. The SMILES string of the molecule is CCC#CC(=N)c1c(N)ncnc1NCc1cc2cccc(C)c2n1C1CCCCC1. The van der Waals surface area contributed by atoms with Crippen molar-refractivity contribution in [2.75, 3.05) is 11.1 Å². The number of aromatic nitrogens is 3. The van der Waals surface area contributed by atoms with Gasteiger partial charge >= 0.3 is 0 Å². The number of para-hydroxylation sites is 1. The molecule has 0 aliphatic heterocycles. The molecule has 0 atom stereocenters. The van der Waals surface area contributed by atoms with Crippen LogP contribution in [0.2, 0.25) is 0 Å². The summed E-state index contributed by atoms with van der Waals surface area (Å²) < 4.78 is 2.53. The van der Waals surface area contributed by atoms with Crippen molar-refractivity contribution in [3.63, 3.8) is 0 Å². The molecule has 3 aromatic rings. The number of benzene rings is 1. The van der Waals surface area contributed by atoms with Gasteiger partial charge in [0.2, 0.25) is 0 Å². The Kier molecular flexibility index (Phi) is 6.22. The number of hydrogen-bond donors (Lipinski definition) is 3. The average molecular weight is 415 g/mol. The maximum Gasteiger partial charge on any atom is 0.142 e. The molecule has 1 fully saturated rings. The number of aryl methyl sites for hydroxylation is 1. The molecule has 0 saturated heterocycles. The van der Waals surface area contributed by atoms with Crippen LogP contribution in [-0.4, -0.2) is 20.2 Å². The van der Waals surface area contributed by atoms with Crippen LogP contribution in [0, 0.1) is 24.2 Å².